The topological polar surface area (TPSA) is 46.5 Å². The SMILES string of the molecule is C=C(C)C(=O)OC(CC)(CC)CCO. The summed E-state index contributed by atoms with van der Waals surface area (Å²) in [7, 11) is 0. The Kier molecular flexibility index (Phi) is 5.46. The summed E-state index contributed by atoms with van der Waals surface area (Å²) in [5.74, 6) is -0.373. The summed E-state index contributed by atoms with van der Waals surface area (Å²) in [6, 6.07) is 0. The van der Waals surface area contributed by atoms with Crippen molar-refractivity contribution in [1.82, 2.24) is 0 Å². The van der Waals surface area contributed by atoms with Gasteiger partial charge in [-0.1, -0.05) is 20.4 Å². The molecule has 0 radical (unpaired) electrons. The molecule has 0 rings (SSSR count). The molecule has 3 nitrogen and oxygen atoms in total. The average molecular weight is 200 g/mol. The van der Waals surface area contributed by atoms with Gasteiger partial charge in [0.2, 0.25) is 0 Å². The summed E-state index contributed by atoms with van der Waals surface area (Å²) in [5.41, 5.74) is -0.126. The fourth-order valence-electron chi connectivity index (χ4n) is 1.29. The van der Waals surface area contributed by atoms with E-state index in [1.807, 2.05) is 13.8 Å². The van der Waals surface area contributed by atoms with Gasteiger partial charge in [-0.15, -0.1) is 0 Å². The Balaban J connectivity index is 4.49. The molecular formula is C11H20O3. The molecule has 82 valence electrons. The van der Waals surface area contributed by atoms with Crippen LogP contribution in [-0.4, -0.2) is 23.3 Å². The highest BCUT2D eigenvalue weighted by Gasteiger charge is 2.29. The first-order chi connectivity index (χ1) is 6.51. The summed E-state index contributed by atoms with van der Waals surface area (Å²) >= 11 is 0. The maximum absolute atomic E-state index is 11.3. The second kappa shape index (κ2) is 5.81. The van der Waals surface area contributed by atoms with Crippen molar-refractivity contribution in [1.29, 1.82) is 0 Å². The number of hydrogen-bond acceptors (Lipinski definition) is 3. The van der Waals surface area contributed by atoms with Crippen molar-refractivity contribution in [2.24, 2.45) is 0 Å². The Morgan fingerprint density at radius 1 is 1.43 bits per heavy atom. The predicted octanol–water partition coefficient (Wildman–Crippen LogP) is 2.05. The Hall–Kier alpha value is -0.830. The van der Waals surface area contributed by atoms with Crippen LogP contribution in [0.15, 0.2) is 12.2 Å². The number of aliphatic hydroxyl groups is 1. The highest BCUT2D eigenvalue weighted by molar-refractivity contribution is 5.87. The lowest BCUT2D eigenvalue weighted by atomic mass is 9.93. The molecule has 0 aliphatic rings. The largest absolute Gasteiger partial charge is 0.456 e. The lowest BCUT2D eigenvalue weighted by molar-refractivity contribution is -0.157. The molecule has 0 heterocycles. The molecule has 0 unspecified atom stereocenters. The molecule has 0 spiro atoms. The number of rotatable bonds is 6. The van der Waals surface area contributed by atoms with E-state index in [0.717, 1.165) is 0 Å². The number of esters is 1. The standard InChI is InChI=1S/C11H20O3/c1-5-11(6-2,7-8-12)14-10(13)9(3)4/h12H,3,5-8H2,1-2,4H3. The molecule has 0 aliphatic carbocycles. The zero-order valence-electron chi connectivity index (χ0n) is 9.30. The van der Waals surface area contributed by atoms with E-state index in [9.17, 15) is 4.79 Å². The summed E-state index contributed by atoms with van der Waals surface area (Å²) in [6.07, 6.45) is 1.91. The van der Waals surface area contributed by atoms with Crippen LogP contribution in [0.2, 0.25) is 0 Å². The van der Waals surface area contributed by atoms with E-state index in [-0.39, 0.29) is 12.6 Å². The molecular weight excluding hydrogens is 180 g/mol. The van der Waals surface area contributed by atoms with E-state index in [0.29, 0.717) is 24.8 Å². The van der Waals surface area contributed by atoms with Crippen LogP contribution < -0.4 is 0 Å². The monoisotopic (exact) mass is 200 g/mol. The third-order valence-corrected chi connectivity index (χ3v) is 2.51. The van der Waals surface area contributed by atoms with Gasteiger partial charge in [-0.05, 0) is 19.8 Å². The molecule has 14 heavy (non-hydrogen) atoms. The van der Waals surface area contributed by atoms with E-state index in [1.165, 1.54) is 0 Å². The number of ether oxygens (including phenoxy) is 1. The maximum atomic E-state index is 11.3. The summed E-state index contributed by atoms with van der Waals surface area (Å²) < 4.78 is 5.34. The second-order valence-electron chi connectivity index (χ2n) is 3.53. The van der Waals surface area contributed by atoms with Crippen LogP contribution in [0, 0.1) is 0 Å². The molecule has 0 saturated carbocycles. The fraction of sp³-hybridized carbons (Fsp3) is 0.727. The number of hydrogen-bond donors (Lipinski definition) is 1. The van der Waals surface area contributed by atoms with Gasteiger partial charge in [0.15, 0.2) is 0 Å². The van der Waals surface area contributed by atoms with Crippen molar-refractivity contribution in [3.63, 3.8) is 0 Å². The van der Waals surface area contributed by atoms with Crippen LogP contribution in [0.3, 0.4) is 0 Å². The first-order valence-corrected chi connectivity index (χ1v) is 5.01. The van der Waals surface area contributed by atoms with Gasteiger partial charge >= 0.3 is 5.97 Å². The smallest absolute Gasteiger partial charge is 0.333 e. The zero-order chi connectivity index (χ0) is 11.2. The quantitative estimate of drug-likeness (QED) is 0.527. The second-order valence-corrected chi connectivity index (χ2v) is 3.53. The van der Waals surface area contributed by atoms with Gasteiger partial charge in [0.25, 0.3) is 0 Å². The van der Waals surface area contributed by atoms with E-state index in [1.54, 1.807) is 6.92 Å². The molecule has 0 aliphatic heterocycles. The van der Waals surface area contributed by atoms with Gasteiger partial charge < -0.3 is 9.84 Å². The molecule has 0 aromatic carbocycles. The van der Waals surface area contributed by atoms with Gasteiger partial charge in [-0.25, -0.2) is 4.79 Å². The molecule has 1 N–H and O–H groups in total. The van der Waals surface area contributed by atoms with Crippen LogP contribution in [0.25, 0.3) is 0 Å². The lowest BCUT2D eigenvalue weighted by Gasteiger charge is -2.31. The highest BCUT2D eigenvalue weighted by Crippen LogP contribution is 2.25. The molecule has 0 amide bonds. The summed E-state index contributed by atoms with van der Waals surface area (Å²) in [6.45, 7) is 9.08. The third-order valence-electron chi connectivity index (χ3n) is 2.51. The minimum atomic E-state index is -0.523. The molecule has 0 atom stereocenters. The van der Waals surface area contributed by atoms with Crippen LogP contribution in [0.1, 0.15) is 40.0 Å². The third kappa shape index (κ3) is 3.50. The summed E-state index contributed by atoms with van der Waals surface area (Å²) in [5, 5.41) is 8.90. The van der Waals surface area contributed by atoms with Crippen LogP contribution in [0.5, 0.6) is 0 Å². The van der Waals surface area contributed by atoms with Crippen molar-refractivity contribution < 1.29 is 14.6 Å². The first-order valence-electron chi connectivity index (χ1n) is 5.01. The maximum Gasteiger partial charge on any atom is 0.333 e. The van der Waals surface area contributed by atoms with Crippen LogP contribution >= 0.6 is 0 Å². The average Bonchev–Trinajstić information content (AvgIpc) is 2.16. The Labute approximate surface area is 85.8 Å². The van der Waals surface area contributed by atoms with Gasteiger partial charge in [-0.3, -0.25) is 0 Å². The predicted molar refractivity (Wildman–Crippen MR) is 55.9 cm³/mol. The normalized spacial score (nSPS) is 11.1. The van der Waals surface area contributed by atoms with Gasteiger partial charge in [0, 0.05) is 18.6 Å². The molecule has 3 heteroatoms. The van der Waals surface area contributed by atoms with E-state index in [2.05, 4.69) is 6.58 Å². The van der Waals surface area contributed by atoms with E-state index >= 15 is 0 Å². The zero-order valence-corrected chi connectivity index (χ0v) is 9.30. The summed E-state index contributed by atoms with van der Waals surface area (Å²) in [4.78, 5) is 11.3. The van der Waals surface area contributed by atoms with Crippen molar-refractivity contribution in [2.75, 3.05) is 6.61 Å². The van der Waals surface area contributed by atoms with Gasteiger partial charge in [-0.2, -0.15) is 0 Å². The van der Waals surface area contributed by atoms with Crippen LogP contribution in [0.4, 0.5) is 0 Å². The van der Waals surface area contributed by atoms with Crippen molar-refractivity contribution in [2.45, 2.75) is 45.6 Å². The fourth-order valence-corrected chi connectivity index (χ4v) is 1.29. The molecule has 0 fully saturated rings. The molecule has 0 bridgehead atoms. The Bertz CT molecular complexity index is 205. The minimum absolute atomic E-state index is 0.0329. The van der Waals surface area contributed by atoms with E-state index in [4.69, 9.17) is 9.84 Å². The van der Waals surface area contributed by atoms with Gasteiger partial charge in [0.05, 0.1) is 0 Å². The van der Waals surface area contributed by atoms with Crippen molar-refractivity contribution in [3.05, 3.63) is 12.2 Å². The van der Waals surface area contributed by atoms with Gasteiger partial charge in [0.1, 0.15) is 5.60 Å². The van der Waals surface area contributed by atoms with Crippen molar-refractivity contribution >= 4 is 5.97 Å². The molecule has 0 saturated heterocycles. The minimum Gasteiger partial charge on any atom is -0.456 e. The van der Waals surface area contributed by atoms with E-state index < -0.39 is 5.60 Å². The Morgan fingerprint density at radius 2 is 1.93 bits per heavy atom. The highest BCUT2D eigenvalue weighted by atomic mass is 16.6. The Morgan fingerprint density at radius 3 is 2.21 bits per heavy atom. The number of carbonyl (C=O) groups is 1. The van der Waals surface area contributed by atoms with Crippen molar-refractivity contribution in [3.8, 4) is 0 Å². The molecule has 0 aromatic heterocycles. The first kappa shape index (κ1) is 13.2. The van der Waals surface area contributed by atoms with Crippen LogP contribution in [-0.2, 0) is 9.53 Å². The number of carbonyl (C=O) groups excluding carboxylic acids is 1. The molecule has 0 aromatic rings. The lowest BCUT2D eigenvalue weighted by Crippen LogP contribution is -2.35. The number of aliphatic hydroxyl groups excluding tert-OH is 1.